The summed E-state index contributed by atoms with van der Waals surface area (Å²) in [6.45, 7) is 0.443. The fraction of sp³-hybridized carbons (Fsp3) is 0.269. The molecule has 0 saturated carbocycles. The Balaban J connectivity index is 1.66. The second-order valence-corrected chi connectivity index (χ2v) is 11.4. The van der Waals surface area contributed by atoms with Crippen molar-refractivity contribution >= 4 is 38.7 Å². The van der Waals surface area contributed by atoms with E-state index in [0.29, 0.717) is 35.7 Å². The van der Waals surface area contributed by atoms with Gasteiger partial charge in [0, 0.05) is 54.1 Å². The zero-order valence-corrected chi connectivity index (χ0v) is 20.8. The van der Waals surface area contributed by atoms with E-state index in [9.17, 15) is 13.2 Å². The molecule has 35 heavy (non-hydrogen) atoms. The van der Waals surface area contributed by atoms with E-state index in [0.717, 1.165) is 16.8 Å². The summed E-state index contributed by atoms with van der Waals surface area (Å²) in [4.78, 5) is 21.2. The molecule has 9 heteroatoms. The van der Waals surface area contributed by atoms with Crippen LogP contribution in [0, 0.1) is 11.3 Å². The second-order valence-electron chi connectivity index (χ2n) is 8.67. The van der Waals surface area contributed by atoms with Gasteiger partial charge in [-0.2, -0.15) is 5.26 Å². The Kier molecular flexibility index (Phi) is 7.39. The van der Waals surface area contributed by atoms with E-state index in [1.54, 1.807) is 47.6 Å². The van der Waals surface area contributed by atoms with E-state index >= 15 is 0 Å². The maximum atomic E-state index is 13.3. The van der Waals surface area contributed by atoms with Crippen molar-refractivity contribution in [3.8, 4) is 6.07 Å². The first-order chi connectivity index (χ1) is 16.7. The fourth-order valence-corrected chi connectivity index (χ4v) is 5.18. The van der Waals surface area contributed by atoms with Crippen LogP contribution in [0.3, 0.4) is 0 Å². The second kappa shape index (κ2) is 10.5. The van der Waals surface area contributed by atoms with E-state index in [-0.39, 0.29) is 24.2 Å². The number of hydrogen-bond acceptors (Lipinski definition) is 6. The van der Waals surface area contributed by atoms with Gasteiger partial charge in [0.25, 0.3) is 0 Å². The fourth-order valence-electron chi connectivity index (χ4n) is 4.30. The maximum absolute atomic E-state index is 13.3. The zero-order chi connectivity index (χ0) is 25.0. The molecule has 2 aromatic carbocycles. The van der Waals surface area contributed by atoms with Crippen LogP contribution >= 0.6 is 11.6 Å². The van der Waals surface area contributed by atoms with Crippen molar-refractivity contribution in [1.29, 1.82) is 5.26 Å². The third-order valence-electron chi connectivity index (χ3n) is 6.05. The molecule has 1 aromatic heterocycles. The molecule has 0 spiro atoms. The molecule has 7 nitrogen and oxygen atoms in total. The summed E-state index contributed by atoms with van der Waals surface area (Å²) in [5, 5.41) is 9.59. The van der Waals surface area contributed by atoms with Crippen molar-refractivity contribution in [3.63, 3.8) is 0 Å². The number of carbonyl (C=O) groups is 1. The third-order valence-corrected chi connectivity index (χ3v) is 7.26. The van der Waals surface area contributed by atoms with Gasteiger partial charge >= 0.3 is 0 Å². The van der Waals surface area contributed by atoms with Gasteiger partial charge in [-0.3, -0.25) is 9.78 Å². The van der Waals surface area contributed by atoms with Gasteiger partial charge in [0.2, 0.25) is 5.91 Å². The minimum atomic E-state index is -3.19. The zero-order valence-electron chi connectivity index (χ0n) is 19.3. The average molecular weight is 509 g/mol. The molecule has 0 N–H and O–H groups in total. The number of anilines is 2. The quantitative estimate of drug-likeness (QED) is 0.481. The minimum absolute atomic E-state index is 0.0157. The van der Waals surface area contributed by atoms with Crippen molar-refractivity contribution in [3.05, 3.63) is 88.7 Å². The highest BCUT2D eigenvalue weighted by molar-refractivity contribution is 7.90. The van der Waals surface area contributed by atoms with Gasteiger partial charge in [0.05, 0.1) is 23.9 Å². The number of sulfone groups is 1. The van der Waals surface area contributed by atoms with Gasteiger partial charge in [0.1, 0.15) is 9.84 Å². The summed E-state index contributed by atoms with van der Waals surface area (Å²) in [6, 6.07) is 18.2. The predicted molar refractivity (Wildman–Crippen MR) is 137 cm³/mol. The summed E-state index contributed by atoms with van der Waals surface area (Å²) < 4.78 is 24.0. The molecule has 0 aliphatic carbocycles. The van der Waals surface area contributed by atoms with Gasteiger partial charge in [0.15, 0.2) is 0 Å². The monoisotopic (exact) mass is 508 g/mol. The van der Waals surface area contributed by atoms with Crippen molar-refractivity contribution in [2.75, 3.05) is 34.9 Å². The van der Waals surface area contributed by atoms with Crippen molar-refractivity contribution < 1.29 is 13.2 Å². The summed E-state index contributed by atoms with van der Waals surface area (Å²) in [5.74, 6) is -0.0779. The van der Waals surface area contributed by atoms with E-state index in [1.165, 1.54) is 6.26 Å². The number of nitriles is 1. The topological polar surface area (TPSA) is 94.4 Å². The first-order valence-corrected chi connectivity index (χ1v) is 13.6. The molecule has 3 aromatic rings. The van der Waals surface area contributed by atoms with E-state index < -0.39 is 9.84 Å². The Labute approximate surface area is 210 Å². The van der Waals surface area contributed by atoms with Crippen LogP contribution in [0.4, 0.5) is 11.4 Å². The van der Waals surface area contributed by atoms with Gasteiger partial charge in [-0.1, -0.05) is 29.8 Å². The number of nitrogens with zero attached hydrogens (tertiary/aromatic N) is 4. The molecule has 1 saturated heterocycles. The van der Waals surface area contributed by atoms with Crippen LogP contribution in [0.2, 0.25) is 5.02 Å². The van der Waals surface area contributed by atoms with Crippen LogP contribution in [0.25, 0.3) is 0 Å². The number of piperazine rings is 1. The lowest BCUT2D eigenvalue weighted by atomic mass is 10.0. The smallest absolute Gasteiger partial charge is 0.246 e. The molecule has 0 radical (unpaired) electrons. The predicted octanol–water partition coefficient (Wildman–Crippen LogP) is 3.85. The van der Waals surface area contributed by atoms with E-state index in [2.05, 4.69) is 11.1 Å². The van der Waals surface area contributed by atoms with Crippen molar-refractivity contribution in [2.45, 2.75) is 18.9 Å². The minimum Gasteiger partial charge on any atom is -0.357 e. The number of hydrogen-bond donors (Lipinski definition) is 0. The first kappa shape index (κ1) is 24.7. The molecule has 4 rings (SSSR count). The first-order valence-electron chi connectivity index (χ1n) is 11.2. The SMILES string of the molecule is CS(=O)(=O)CC[C@H]1CN(c2cccc(Cl)c2)C(=O)CN1c1ccncc1Cc1ccc(C#N)cc1. The van der Waals surface area contributed by atoms with Gasteiger partial charge in [-0.25, -0.2) is 8.42 Å². The Morgan fingerprint density at radius 3 is 2.63 bits per heavy atom. The molecule has 1 aliphatic rings. The summed E-state index contributed by atoms with van der Waals surface area (Å²) in [7, 11) is -3.19. The van der Waals surface area contributed by atoms with Crippen molar-refractivity contribution in [1.82, 2.24) is 4.98 Å². The Bertz CT molecular complexity index is 1370. The van der Waals surface area contributed by atoms with Gasteiger partial charge in [-0.05, 0) is 53.9 Å². The maximum Gasteiger partial charge on any atom is 0.246 e. The summed E-state index contributed by atoms with van der Waals surface area (Å²) >= 11 is 6.16. The van der Waals surface area contributed by atoms with Crippen LogP contribution in [0.5, 0.6) is 0 Å². The normalized spacial score (nSPS) is 16.3. The standard InChI is InChI=1S/C26H25ClN4O3S/c1-35(33,34)12-10-24-17-31(23-4-2-3-22(27)14-23)26(32)18-30(24)25-9-11-29-16-21(25)13-19-5-7-20(15-28)8-6-19/h2-9,11,14,16,24H,10,12-13,17-18H2,1H3/t24-/m0/s1. The molecular formula is C26H25ClN4O3S. The van der Waals surface area contributed by atoms with Crippen LogP contribution in [-0.2, 0) is 21.1 Å². The number of benzene rings is 2. The van der Waals surface area contributed by atoms with Crippen LogP contribution < -0.4 is 9.80 Å². The number of amides is 1. The molecule has 0 bridgehead atoms. The average Bonchev–Trinajstić information content (AvgIpc) is 2.83. The largest absolute Gasteiger partial charge is 0.357 e. The lowest BCUT2D eigenvalue weighted by Crippen LogP contribution is -2.57. The molecular weight excluding hydrogens is 484 g/mol. The number of aromatic nitrogens is 1. The molecule has 180 valence electrons. The third kappa shape index (κ3) is 6.18. The summed E-state index contributed by atoms with van der Waals surface area (Å²) in [6.07, 6.45) is 5.62. The number of pyridine rings is 1. The molecule has 0 unspecified atom stereocenters. The molecule has 2 heterocycles. The molecule has 1 fully saturated rings. The highest BCUT2D eigenvalue weighted by atomic mass is 35.5. The summed E-state index contributed by atoms with van der Waals surface area (Å²) in [5.41, 5.74) is 4.06. The van der Waals surface area contributed by atoms with Crippen LogP contribution in [-0.4, -0.2) is 50.4 Å². The number of carbonyl (C=O) groups excluding carboxylic acids is 1. The Morgan fingerprint density at radius 1 is 1.17 bits per heavy atom. The van der Waals surface area contributed by atoms with Crippen LogP contribution in [0.15, 0.2) is 67.0 Å². The Morgan fingerprint density at radius 2 is 1.94 bits per heavy atom. The van der Waals surface area contributed by atoms with Crippen LogP contribution in [0.1, 0.15) is 23.1 Å². The highest BCUT2D eigenvalue weighted by Crippen LogP contribution is 2.31. The molecule has 1 atom stereocenters. The van der Waals surface area contributed by atoms with Gasteiger partial charge < -0.3 is 9.80 Å². The Hall–Kier alpha value is -3.41. The lowest BCUT2D eigenvalue weighted by molar-refractivity contribution is -0.118. The lowest BCUT2D eigenvalue weighted by Gasteiger charge is -2.43. The highest BCUT2D eigenvalue weighted by Gasteiger charge is 2.34. The molecule has 1 amide bonds. The number of halogens is 1. The van der Waals surface area contributed by atoms with E-state index in [4.69, 9.17) is 16.9 Å². The molecule has 1 aliphatic heterocycles. The van der Waals surface area contributed by atoms with E-state index in [1.807, 2.05) is 29.2 Å². The number of rotatable bonds is 7. The van der Waals surface area contributed by atoms with Gasteiger partial charge in [-0.15, -0.1) is 0 Å². The van der Waals surface area contributed by atoms with Crippen molar-refractivity contribution in [2.24, 2.45) is 0 Å².